The Morgan fingerprint density at radius 1 is 1.29 bits per heavy atom. The van der Waals surface area contributed by atoms with Gasteiger partial charge in [-0.3, -0.25) is 0 Å². The number of nitriles is 1. The molecule has 0 radical (unpaired) electrons. The number of unbranched alkanes of at least 4 members (excludes halogenated alkanes) is 2. The Balaban J connectivity index is 2.35. The maximum Gasteiger partial charge on any atom is 0.124 e. The smallest absolute Gasteiger partial charge is 0.124 e. The molecule has 0 amide bonds. The summed E-state index contributed by atoms with van der Waals surface area (Å²) in [4.78, 5) is 0. The lowest BCUT2D eigenvalue weighted by molar-refractivity contribution is 0.610. The van der Waals surface area contributed by atoms with Crippen molar-refractivity contribution in [2.75, 3.05) is 6.54 Å². The fourth-order valence-electron chi connectivity index (χ4n) is 1.53. The van der Waals surface area contributed by atoms with Crippen LogP contribution in [-0.2, 0) is 6.54 Å². The van der Waals surface area contributed by atoms with Crippen LogP contribution in [0.25, 0.3) is 0 Å². The van der Waals surface area contributed by atoms with Gasteiger partial charge in [0.2, 0.25) is 0 Å². The van der Waals surface area contributed by atoms with E-state index in [4.69, 9.17) is 11.7 Å². The van der Waals surface area contributed by atoms with Gasteiger partial charge in [0.1, 0.15) is 5.82 Å². The van der Waals surface area contributed by atoms with Crippen LogP contribution < -0.4 is 5.32 Å². The molecule has 1 N–H and O–H groups in total. The van der Waals surface area contributed by atoms with Crippen molar-refractivity contribution in [3.63, 3.8) is 0 Å². The predicted octanol–water partition coefficient (Wildman–Crippen LogP) is 2.59. The van der Waals surface area contributed by atoms with Crippen LogP contribution in [-0.4, -0.2) is 6.54 Å². The number of hydrogen-bond donors (Lipinski definition) is 1. The number of nitrogens with zero attached hydrogens (tertiary/aromatic N) is 1. The number of hydrogen-bond acceptors (Lipinski definition) is 2. The minimum atomic E-state index is -0.367. The van der Waals surface area contributed by atoms with Gasteiger partial charge in [-0.2, -0.15) is 5.26 Å². The summed E-state index contributed by atoms with van der Waals surface area (Å²) >= 11 is 0. The van der Waals surface area contributed by atoms with Crippen LogP contribution in [0.15, 0.2) is 18.2 Å². The highest BCUT2D eigenvalue weighted by molar-refractivity contribution is 5.33. The van der Waals surface area contributed by atoms with Crippen LogP contribution in [0.3, 0.4) is 0 Å². The number of nitrogens with one attached hydrogen (secondary N) is 1. The van der Waals surface area contributed by atoms with Gasteiger partial charge in [0.05, 0.1) is 11.6 Å². The van der Waals surface area contributed by atoms with Crippen LogP contribution in [0, 0.1) is 29.5 Å². The first kappa shape index (κ1) is 13.2. The van der Waals surface area contributed by atoms with E-state index in [-0.39, 0.29) is 5.82 Å². The van der Waals surface area contributed by atoms with E-state index < -0.39 is 0 Å². The van der Waals surface area contributed by atoms with Gasteiger partial charge in [-0.25, -0.2) is 4.39 Å². The number of halogens is 1. The molecule has 1 rings (SSSR count). The quantitative estimate of drug-likeness (QED) is 0.602. The summed E-state index contributed by atoms with van der Waals surface area (Å²) < 4.78 is 13.1. The van der Waals surface area contributed by atoms with Crippen LogP contribution in [0.1, 0.15) is 30.4 Å². The molecule has 17 heavy (non-hydrogen) atoms. The Labute approximate surface area is 101 Å². The van der Waals surface area contributed by atoms with E-state index in [2.05, 4.69) is 11.2 Å². The van der Waals surface area contributed by atoms with Gasteiger partial charge < -0.3 is 5.32 Å². The Bertz CT molecular complexity index is 441. The van der Waals surface area contributed by atoms with E-state index in [0.29, 0.717) is 12.1 Å². The second-order valence-corrected chi connectivity index (χ2v) is 3.80. The lowest BCUT2D eigenvalue weighted by Gasteiger charge is -2.05. The zero-order valence-electron chi connectivity index (χ0n) is 9.67. The summed E-state index contributed by atoms with van der Waals surface area (Å²) in [6, 6.07) is 6.30. The third-order valence-electron chi connectivity index (χ3n) is 2.34. The average Bonchev–Trinajstić information content (AvgIpc) is 2.33. The summed E-state index contributed by atoms with van der Waals surface area (Å²) in [6.45, 7) is 1.42. The SMILES string of the molecule is C#CCCCCNCc1cc(F)cc(C#N)c1. The molecule has 88 valence electrons. The molecule has 0 saturated heterocycles. The molecule has 0 heterocycles. The van der Waals surface area contributed by atoms with E-state index in [0.717, 1.165) is 31.4 Å². The Morgan fingerprint density at radius 3 is 2.82 bits per heavy atom. The lowest BCUT2D eigenvalue weighted by Crippen LogP contribution is -2.14. The molecule has 0 aliphatic heterocycles. The minimum absolute atomic E-state index is 0.356. The van der Waals surface area contributed by atoms with Crippen molar-refractivity contribution in [1.29, 1.82) is 5.26 Å². The summed E-state index contributed by atoms with van der Waals surface area (Å²) in [5.41, 5.74) is 1.15. The van der Waals surface area contributed by atoms with Crippen molar-refractivity contribution in [1.82, 2.24) is 5.32 Å². The highest BCUT2D eigenvalue weighted by atomic mass is 19.1. The fourth-order valence-corrected chi connectivity index (χ4v) is 1.53. The van der Waals surface area contributed by atoms with Gasteiger partial charge in [-0.15, -0.1) is 12.3 Å². The third-order valence-corrected chi connectivity index (χ3v) is 2.34. The summed E-state index contributed by atoms with van der Waals surface area (Å²) in [5.74, 6) is 2.22. The first-order valence-electron chi connectivity index (χ1n) is 5.60. The Morgan fingerprint density at radius 2 is 2.12 bits per heavy atom. The van der Waals surface area contributed by atoms with Gasteiger partial charge in [0.25, 0.3) is 0 Å². The van der Waals surface area contributed by atoms with Gasteiger partial charge in [0.15, 0.2) is 0 Å². The largest absolute Gasteiger partial charge is 0.313 e. The third kappa shape index (κ3) is 5.15. The van der Waals surface area contributed by atoms with Gasteiger partial charge in [-0.1, -0.05) is 0 Å². The fraction of sp³-hybridized carbons (Fsp3) is 0.357. The second kappa shape index (κ2) is 7.44. The van der Waals surface area contributed by atoms with Crippen LogP contribution in [0.4, 0.5) is 4.39 Å². The van der Waals surface area contributed by atoms with Crippen LogP contribution >= 0.6 is 0 Å². The molecule has 0 atom stereocenters. The minimum Gasteiger partial charge on any atom is -0.313 e. The van der Waals surface area contributed by atoms with Crippen molar-refractivity contribution in [3.05, 3.63) is 35.1 Å². The topological polar surface area (TPSA) is 35.8 Å². The molecule has 0 aromatic heterocycles. The van der Waals surface area contributed by atoms with Crippen molar-refractivity contribution in [2.24, 2.45) is 0 Å². The van der Waals surface area contributed by atoms with E-state index in [1.165, 1.54) is 12.1 Å². The molecular weight excluding hydrogens is 215 g/mol. The number of terminal acetylenes is 1. The van der Waals surface area contributed by atoms with E-state index in [1.54, 1.807) is 6.07 Å². The summed E-state index contributed by atoms with van der Waals surface area (Å²) in [7, 11) is 0. The second-order valence-electron chi connectivity index (χ2n) is 3.80. The highest BCUT2D eigenvalue weighted by Gasteiger charge is 2.00. The van der Waals surface area contributed by atoms with Crippen molar-refractivity contribution in [3.8, 4) is 18.4 Å². The number of benzene rings is 1. The van der Waals surface area contributed by atoms with Gasteiger partial charge >= 0.3 is 0 Å². The normalized spacial score (nSPS) is 9.59. The molecule has 0 aliphatic carbocycles. The molecule has 0 aliphatic rings. The van der Waals surface area contributed by atoms with Crippen molar-refractivity contribution < 1.29 is 4.39 Å². The van der Waals surface area contributed by atoms with E-state index in [1.807, 2.05) is 6.07 Å². The summed E-state index contributed by atoms with van der Waals surface area (Å²) in [6.07, 6.45) is 7.93. The molecule has 1 aromatic carbocycles. The standard InChI is InChI=1S/C14H15FN2/c1-2-3-4-5-6-17-11-13-7-12(10-16)8-14(15)9-13/h1,7-9,17H,3-6,11H2. The predicted molar refractivity (Wildman–Crippen MR) is 65.5 cm³/mol. The molecule has 0 saturated carbocycles. The molecule has 0 bridgehead atoms. The average molecular weight is 230 g/mol. The molecule has 1 aromatic rings. The molecular formula is C14H15FN2. The highest BCUT2D eigenvalue weighted by Crippen LogP contribution is 2.08. The Kier molecular flexibility index (Phi) is 5.79. The maximum atomic E-state index is 13.1. The van der Waals surface area contributed by atoms with E-state index >= 15 is 0 Å². The van der Waals surface area contributed by atoms with Crippen molar-refractivity contribution in [2.45, 2.75) is 25.8 Å². The molecule has 0 fully saturated rings. The maximum absolute atomic E-state index is 13.1. The van der Waals surface area contributed by atoms with Crippen molar-refractivity contribution >= 4 is 0 Å². The number of rotatable bonds is 6. The Hall–Kier alpha value is -1.84. The van der Waals surface area contributed by atoms with Gasteiger partial charge in [-0.05, 0) is 43.1 Å². The van der Waals surface area contributed by atoms with Gasteiger partial charge in [0, 0.05) is 13.0 Å². The first-order valence-corrected chi connectivity index (χ1v) is 5.60. The molecule has 2 nitrogen and oxygen atoms in total. The molecule has 0 spiro atoms. The zero-order chi connectivity index (χ0) is 12.5. The van der Waals surface area contributed by atoms with Crippen LogP contribution in [0.2, 0.25) is 0 Å². The molecule has 0 unspecified atom stereocenters. The molecule has 3 heteroatoms. The first-order chi connectivity index (χ1) is 8.26. The summed E-state index contributed by atoms with van der Waals surface area (Å²) in [5, 5.41) is 11.9. The zero-order valence-corrected chi connectivity index (χ0v) is 9.67. The lowest BCUT2D eigenvalue weighted by atomic mass is 10.1. The monoisotopic (exact) mass is 230 g/mol. The van der Waals surface area contributed by atoms with Crippen LogP contribution in [0.5, 0.6) is 0 Å². The van der Waals surface area contributed by atoms with E-state index in [9.17, 15) is 4.39 Å².